The van der Waals surface area contributed by atoms with E-state index in [9.17, 15) is 4.79 Å². The molecule has 0 fully saturated rings. The first-order valence-electron chi connectivity index (χ1n) is 4.37. The van der Waals surface area contributed by atoms with E-state index in [1.54, 1.807) is 16.8 Å². The molecule has 5 heteroatoms. The molecule has 0 bridgehead atoms. The number of hydrogen-bond donors (Lipinski definition) is 1. The summed E-state index contributed by atoms with van der Waals surface area (Å²) in [7, 11) is 1.84. The second-order valence-electron chi connectivity index (χ2n) is 3.36. The molecule has 1 aromatic heterocycles. The van der Waals surface area contributed by atoms with Crippen molar-refractivity contribution in [3.63, 3.8) is 0 Å². The Morgan fingerprint density at radius 3 is 2.80 bits per heavy atom. The van der Waals surface area contributed by atoms with Crippen molar-refractivity contribution >= 4 is 32.8 Å². The molecule has 0 aliphatic carbocycles. The van der Waals surface area contributed by atoms with E-state index in [1.165, 1.54) is 0 Å². The van der Waals surface area contributed by atoms with Crippen LogP contribution in [0.25, 0.3) is 10.9 Å². The number of carbonyl (C=O) groups is 1. The summed E-state index contributed by atoms with van der Waals surface area (Å²) in [6.45, 7) is 1.95. The largest absolute Gasteiger partial charge is 0.478 e. The molecule has 0 spiro atoms. The fraction of sp³-hybridized carbons (Fsp3) is 0.200. The van der Waals surface area contributed by atoms with Gasteiger partial charge in [-0.25, -0.2) is 4.79 Å². The number of aromatic carboxylic acids is 1. The quantitative estimate of drug-likeness (QED) is 0.864. The first-order chi connectivity index (χ1) is 7.00. The number of carboxylic acid groups (broad SMARTS) is 1. The summed E-state index contributed by atoms with van der Waals surface area (Å²) in [5.74, 6) is -0.952. The van der Waals surface area contributed by atoms with E-state index < -0.39 is 5.97 Å². The van der Waals surface area contributed by atoms with Crippen molar-refractivity contribution in [3.05, 3.63) is 27.9 Å². The maximum absolute atomic E-state index is 10.9. The zero-order valence-electron chi connectivity index (χ0n) is 8.28. The van der Waals surface area contributed by atoms with Gasteiger partial charge in [0.1, 0.15) is 0 Å². The van der Waals surface area contributed by atoms with Crippen LogP contribution in [0.15, 0.2) is 16.6 Å². The topological polar surface area (TPSA) is 55.1 Å². The molecule has 0 unspecified atom stereocenters. The van der Waals surface area contributed by atoms with Crippen molar-refractivity contribution in [3.8, 4) is 0 Å². The Kier molecular flexibility index (Phi) is 2.26. The van der Waals surface area contributed by atoms with Gasteiger partial charge in [-0.3, -0.25) is 4.68 Å². The molecule has 0 aliphatic heterocycles. The zero-order valence-corrected chi connectivity index (χ0v) is 9.87. The van der Waals surface area contributed by atoms with Crippen LogP contribution in [0.4, 0.5) is 0 Å². The van der Waals surface area contributed by atoms with Gasteiger partial charge in [0.05, 0.1) is 11.1 Å². The number of rotatable bonds is 1. The fourth-order valence-electron chi connectivity index (χ4n) is 1.51. The van der Waals surface area contributed by atoms with Crippen LogP contribution < -0.4 is 0 Å². The van der Waals surface area contributed by atoms with Crippen molar-refractivity contribution in [2.24, 2.45) is 7.05 Å². The van der Waals surface area contributed by atoms with Crippen molar-refractivity contribution < 1.29 is 9.90 Å². The van der Waals surface area contributed by atoms with Crippen molar-refractivity contribution in [1.29, 1.82) is 0 Å². The molecule has 1 heterocycles. The number of benzene rings is 1. The summed E-state index contributed by atoms with van der Waals surface area (Å²) in [6.07, 6.45) is 0. The standard InChI is InChI=1S/C10H9BrN2O2/c1-5-6-3-8(11)7(10(14)15)4-9(6)12-13(5)2/h3-4H,1-2H3,(H,14,15). The van der Waals surface area contributed by atoms with Crippen molar-refractivity contribution in [1.82, 2.24) is 9.78 Å². The van der Waals surface area contributed by atoms with E-state index in [0.29, 0.717) is 9.99 Å². The minimum absolute atomic E-state index is 0.237. The number of halogens is 1. The normalized spacial score (nSPS) is 10.9. The number of aryl methyl sites for hydroxylation is 2. The average Bonchev–Trinajstić information content (AvgIpc) is 2.43. The van der Waals surface area contributed by atoms with E-state index >= 15 is 0 Å². The Labute approximate surface area is 94.6 Å². The number of fused-ring (bicyclic) bond motifs is 1. The third-order valence-electron chi connectivity index (χ3n) is 2.45. The molecular formula is C10H9BrN2O2. The van der Waals surface area contributed by atoms with Gasteiger partial charge in [0.25, 0.3) is 0 Å². The average molecular weight is 269 g/mol. The molecule has 2 rings (SSSR count). The monoisotopic (exact) mass is 268 g/mol. The smallest absolute Gasteiger partial charge is 0.336 e. The van der Waals surface area contributed by atoms with E-state index in [0.717, 1.165) is 11.1 Å². The molecule has 0 amide bonds. The summed E-state index contributed by atoms with van der Waals surface area (Å²) < 4.78 is 2.32. The summed E-state index contributed by atoms with van der Waals surface area (Å²) in [6, 6.07) is 3.37. The molecular weight excluding hydrogens is 260 g/mol. The van der Waals surface area contributed by atoms with Crippen LogP contribution in [-0.2, 0) is 7.05 Å². The number of hydrogen-bond acceptors (Lipinski definition) is 2. The van der Waals surface area contributed by atoms with Gasteiger partial charge in [0.2, 0.25) is 0 Å². The number of nitrogens with zero attached hydrogens (tertiary/aromatic N) is 2. The van der Waals surface area contributed by atoms with E-state index in [2.05, 4.69) is 21.0 Å². The highest BCUT2D eigenvalue weighted by molar-refractivity contribution is 9.10. The minimum atomic E-state index is -0.952. The van der Waals surface area contributed by atoms with Gasteiger partial charge in [0.15, 0.2) is 0 Å². The van der Waals surface area contributed by atoms with Gasteiger partial charge in [-0.15, -0.1) is 0 Å². The maximum Gasteiger partial charge on any atom is 0.336 e. The molecule has 0 radical (unpaired) electrons. The third-order valence-corrected chi connectivity index (χ3v) is 3.10. The molecule has 0 aliphatic rings. The van der Waals surface area contributed by atoms with Gasteiger partial charge in [-0.1, -0.05) is 0 Å². The van der Waals surface area contributed by atoms with Gasteiger partial charge < -0.3 is 5.11 Å². The fourth-order valence-corrected chi connectivity index (χ4v) is 2.02. The first kappa shape index (κ1) is 10.2. The SMILES string of the molecule is Cc1c2cc(Br)c(C(=O)O)cc2nn1C. The number of carboxylic acids is 1. The Bertz CT molecular complexity index is 560. The van der Waals surface area contributed by atoms with Crippen molar-refractivity contribution in [2.75, 3.05) is 0 Å². The Hall–Kier alpha value is -1.36. The molecule has 1 aromatic carbocycles. The molecule has 0 saturated heterocycles. The van der Waals surface area contributed by atoms with Gasteiger partial charge in [-0.2, -0.15) is 5.10 Å². The third kappa shape index (κ3) is 1.52. The number of aromatic nitrogens is 2. The lowest BCUT2D eigenvalue weighted by Crippen LogP contribution is -1.97. The lowest BCUT2D eigenvalue weighted by atomic mass is 10.1. The van der Waals surface area contributed by atoms with E-state index in [1.807, 2.05) is 14.0 Å². The lowest BCUT2D eigenvalue weighted by Gasteiger charge is -1.98. The maximum atomic E-state index is 10.9. The van der Waals surface area contributed by atoms with Crippen LogP contribution in [0.1, 0.15) is 16.1 Å². The van der Waals surface area contributed by atoms with Gasteiger partial charge in [-0.05, 0) is 35.0 Å². The molecule has 2 aromatic rings. The molecule has 78 valence electrons. The van der Waals surface area contributed by atoms with Crippen LogP contribution in [0.5, 0.6) is 0 Å². The predicted octanol–water partition coefficient (Wildman–Crippen LogP) is 2.34. The zero-order chi connectivity index (χ0) is 11.2. The van der Waals surface area contributed by atoms with E-state index in [4.69, 9.17) is 5.11 Å². The molecule has 0 saturated carbocycles. The van der Waals surface area contributed by atoms with Gasteiger partial charge in [0, 0.05) is 22.6 Å². The molecule has 15 heavy (non-hydrogen) atoms. The lowest BCUT2D eigenvalue weighted by molar-refractivity contribution is 0.0696. The summed E-state index contributed by atoms with van der Waals surface area (Å²) in [5, 5.41) is 14.1. The summed E-state index contributed by atoms with van der Waals surface area (Å²) in [4.78, 5) is 10.9. The highest BCUT2D eigenvalue weighted by Gasteiger charge is 2.13. The first-order valence-corrected chi connectivity index (χ1v) is 5.16. The molecule has 0 atom stereocenters. The van der Waals surface area contributed by atoms with Crippen LogP contribution >= 0.6 is 15.9 Å². The van der Waals surface area contributed by atoms with Crippen LogP contribution in [0.2, 0.25) is 0 Å². The van der Waals surface area contributed by atoms with E-state index in [-0.39, 0.29) is 5.56 Å². The highest BCUT2D eigenvalue weighted by atomic mass is 79.9. The minimum Gasteiger partial charge on any atom is -0.478 e. The summed E-state index contributed by atoms with van der Waals surface area (Å²) >= 11 is 3.24. The second-order valence-corrected chi connectivity index (χ2v) is 4.22. The Morgan fingerprint density at radius 1 is 1.53 bits per heavy atom. The second kappa shape index (κ2) is 3.34. The predicted molar refractivity (Wildman–Crippen MR) is 60.1 cm³/mol. The van der Waals surface area contributed by atoms with Crippen LogP contribution in [-0.4, -0.2) is 20.9 Å². The Morgan fingerprint density at radius 2 is 2.20 bits per heavy atom. The van der Waals surface area contributed by atoms with Crippen LogP contribution in [0.3, 0.4) is 0 Å². The highest BCUT2D eigenvalue weighted by Crippen LogP contribution is 2.25. The van der Waals surface area contributed by atoms with Gasteiger partial charge >= 0.3 is 5.97 Å². The van der Waals surface area contributed by atoms with Crippen molar-refractivity contribution in [2.45, 2.75) is 6.92 Å². The molecule has 1 N–H and O–H groups in total. The summed E-state index contributed by atoms with van der Waals surface area (Å²) in [5.41, 5.74) is 1.96. The molecule has 4 nitrogen and oxygen atoms in total. The van der Waals surface area contributed by atoms with Crippen LogP contribution in [0, 0.1) is 6.92 Å². The Balaban J connectivity index is 2.82.